The number of piperidine rings is 1. The number of carbonyl (C=O) groups excluding carboxylic acids is 1. The number of nitrogens with one attached hydrogen (secondary N) is 1. The average molecular weight is 424 g/mol. The molecule has 2 heterocycles. The molecule has 1 amide bonds. The molecule has 1 atom stereocenters. The standard InChI is InChI=1S/C25H33N3OS/c1-16(23(29)27-25-13-17-10-18(14-25)12-19(11-17)15-25)28-8-6-20(7-9-28)24-26-21-4-2-3-5-22(21)30-24/h2-5,16-20H,6-15H2,1H3,(H,27,29)/t16-,17?,18?,19?,25?/m1/s1. The topological polar surface area (TPSA) is 45.2 Å². The third-order valence-electron chi connectivity index (χ3n) is 8.54. The van der Waals surface area contributed by atoms with E-state index in [0.717, 1.165) is 49.2 Å². The van der Waals surface area contributed by atoms with Gasteiger partial charge in [-0.1, -0.05) is 12.1 Å². The van der Waals surface area contributed by atoms with Crippen LogP contribution in [0.15, 0.2) is 24.3 Å². The molecule has 30 heavy (non-hydrogen) atoms. The molecule has 5 heteroatoms. The van der Waals surface area contributed by atoms with E-state index in [2.05, 4.69) is 41.4 Å². The van der Waals surface area contributed by atoms with E-state index < -0.39 is 0 Å². The van der Waals surface area contributed by atoms with Crippen molar-refractivity contribution in [1.29, 1.82) is 0 Å². The molecule has 4 bridgehead atoms. The number of hydrogen-bond acceptors (Lipinski definition) is 4. The third kappa shape index (κ3) is 3.38. The number of rotatable bonds is 4. The predicted octanol–water partition coefficient (Wildman–Crippen LogP) is 4.95. The van der Waals surface area contributed by atoms with Gasteiger partial charge in [0.05, 0.1) is 21.3 Å². The molecule has 1 aromatic heterocycles. The number of nitrogens with zero attached hydrogens (tertiary/aromatic N) is 2. The Labute approximate surface area is 183 Å². The summed E-state index contributed by atoms with van der Waals surface area (Å²) in [6, 6.07) is 8.42. The number of hydrogen-bond donors (Lipinski definition) is 1. The fourth-order valence-corrected chi connectivity index (χ4v) is 8.53. The van der Waals surface area contributed by atoms with E-state index in [1.807, 2.05) is 11.3 Å². The first kappa shape index (κ1) is 19.2. The molecular weight excluding hydrogens is 390 g/mol. The summed E-state index contributed by atoms with van der Waals surface area (Å²) in [4.78, 5) is 20.5. The first-order valence-electron chi connectivity index (χ1n) is 12.0. The molecule has 1 aromatic carbocycles. The minimum atomic E-state index is -0.0191. The SMILES string of the molecule is C[C@H](C(=O)NC12CC3CC(CC(C3)C1)C2)N1CCC(c2nc3ccccc3s2)CC1. The van der Waals surface area contributed by atoms with Gasteiger partial charge in [0, 0.05) is 11.5 Å². The number of benzene rings is 1. The zero-order valence-corrected chi connectivity index (χ0v) is 18.8. The molecule has 160 valence electrons. The highest BCUT2D eigenvalue weighted by molar-refractivity contribution is 7.18. The first-order chi connectivity index (χ1) is 14.6. The fourth-order valence-electron chi connectivity index (χ4n) is 7.39. The Kier molecular flexibility index (Phi) is 4.68. The van der Waals surface area contributed by atoms with Crippen LogP contribution in [0.25, 0.3) is 10.2 Å². The van der Waals surface area contributed by atoms with Gasteiger partial charge in [0.1, 0.15) is 0 Å². The van der Waals surface area contributed by atoms with Gasteiger partial charge in [-0.2, -0.15) is 0 Å². The van der Waals surface area contributed by atoms with Gasteiger partial charge < -0.3 is 5.32 Å². The Hall–Kier alpha value is -1.46. The summed E-state index contributed by atoms with van der Waals surface area (Å²) in [5.74, 6) is 3.43. The van der Waals surface area contributed by atoms with Gasteiger partial charge in [0.2, 0.25) is 5.91 Å². The highest BCUT2D eigenvalue weighted by Crippen LogP contribution is 2.55. The van der Waals surface area contributed by atoms with Crippen LogP contribution in [0, 0.1) is 17.8 Å². The van der Waals surface area contributed by atoms with Crippen LogP contribution in [0.1, 0.15) is 69.2 Å². The molecule has 0 spiro atoms. The second-order valence-electron chi connectivity index (χ2n) is 10.7. The second kappa shape index (κ2) is 7.30. The molecule has 4 nitrogen and oxygen atoms in total. The van der Waals surface area contributed by atoms with Gasteiger partial charge in [-0.3, -0.25) is 9.69 Å². The lowest BCUT2D eigenvalue weighted by molar-refractivity contribution is -0.132. The maximum Gasteiger partial charge on any atom is 0.237 e. The smallest absolute Gasteiger partial charge is 0.237 e. The van der Waals surface area contributed by atoms with Crippen molar-refractivity contribution in [3.63, 3.8) is 0 Å². The Balaban J connectivity index is 1.08. The van der Waals surface area contributed by atoms with E-state index in [1.165, 1.54) is 48.2 Å². The van der Waals surface area contributed by atoms with Crippen LogP contribution >= 0.6 is 11.3 Å². The van der Waals surface area contributed by atoms with Gasteiger partial charge in [0.15, 0.2) is 0 Å². The van der Waals surface area contributed by atoms with Crippen molar-refractivity contribution in [3.8, 4) is 0 Å². The summed E-state index contributed by atoms with van der Waals surface area (Å²) in [5, 5.41) is 4.87. The predicted molar refractivity (Wildman–Crippen MR) is 122 cm³/mol. The van der Waals surface area contributed by atoms with Crippen molar-refractivity contribution in [2.45, 2.75) is 75.8 Å². The van der Waals surface area contributed by atoms with Crippen LogP contribution in [-0.4, -0.2) is 40.5 Å². The normalized spacial score (nSPS) is 35.0. The summed E-state index contributed by atoms with van der Waals surface area (Å²) in [6.45, 7) is 4.11. The zero-order chi connectivity index (χ0) is 20.3. The molecule has 1 N–H and O–H groups in total. The largest absolute Gasteiger partial charge is 0.349 e. The molecule has 0 radical (unpaired) electrons. The van der Waals surface area contributed by atoms with Crippen molar-refractivity contribution in [2.75, 3.05) is 13.1 Å². The molecule has 4 aliphatic carbocycles. The van der Waals surface area contributed by atoms with E-state index in [9.17, 15) is 4.79 Å². The molecular formula is C25H33N3OS. The Morgan fingerprint density at radius 3 is 2.37 bits per heavy atom. The monoisotopic (exact) mass is 423 g/mol. The van der Waals surface area contributed by atoms with Crippen LogP contribution in [0.5, 0.6) is 0 Å². The molecule has 7 rings (SSSR count). The van der Waals surface area contributed by atoms with Crippen molar-refractivity contribution in [3.05, 3.63) is 29.3 Å². The maximum absolute atomic E-state index is 13.2. The van der Waals surface area contributed by atoms with Gasteiger partial charge in [-0.05, 0) is 101 Å². The van der Waals surface area contributed by atoms with E-state index >= 15 is 0 Å². The number of thiazole rings is 1. The summed E-state index contributed by atoms with van der Waals surface area (Å²) in [5.41, 5.74) is 1.25. The minimum Gasteiger partial charge on any atom is -0.349 e. The number of aromatic nitrogens is 1. The van der Waals surface area contributed by atoms with E-state index in [4.69, 9.17) is 4.98 Å². The van der Waals surface area contributed by atoms with Crippen LogP contribution in [-0.2, 0) is 4.79 Å². The first-order valence-corrected chi connectivity index (χ1v) is 12.8. The quantitative estimate of drug-likeness (QED) is 0.757. The van der Waals surface area contributed by atoms with Crippen molar-refractivity contribution in [1.82, 2.24) is 15.2 Å². The van der Waals surface area contributed by atoms with Crippen LogP contribution in [0.4, 0.5) is 0 Å². The average Bonchev–Trinajstić information content (AvgIpc) is 3.16. The summed E-state index contributed by atoms with van der Waals surface area (Å²) < 4.78 is 1.29. The lowest BCUT2D eigenvalue weighted by Crippen LogP contribution is -2.62. The van der Waals surface area contributed by atoms with E-state index in [-0.39, 0.29) is 17.5 Å². The molecule has 4 saturated carbocycles. The maximum atomic E-state index is 13.2. The van der Waals surface area contributed by atoms with E-state index in [1.54, 1.807) is 0 Å². The number of carbonyl (C=O) groups is 1. The fraction of sp³-hybridized carbons (Fsp3) is 0.680. The van der Waals surface area contributed by atoms with Crippen molar-refractivity contribution in [2.24, 2.45) is 17.8 Å². The lowest BCUT2D eigenvalue weighted by Gasteiger charge is -2.57. The molecule has 0 unspecified atom stereocenters. The Morgan fingerprint density at radius 1 is 1.10 bits per heavy atom. The second-order valence-corrected chi connectivity index (χ2v) is 11.8. The van der Waals surface area contributed by atoms with Gasteiger partial charge >= 0.3 is 0 Å². The molecule has 1 aliphatic heterocycles. The van der Waals surface area contributed by atoms with Crippen LogP contribution in [0.2, 0.25) is 0 Å². The molecule has 2 aromatic rings. The third-order valence-corrected chi connectivity index (χ3v) is 9.74. The highest BCUT2D eigenvalue weighted by atomic mass is 32.1. The van der Waals surface area contributed by atoms with E-state index in [0.29, 0.717) is 5.92 Å². The Morgan fingerprint density at radius 2 is 1.73 bits per heavy atom. The van der Waals surface area contributed by atoms with Gasteiger partial charge in [-0.15, -0.1) is 11.3 Å². The van der Waals surface area contributed by atoms with Crippen LogP contribution in [0.3, 0.4) is 0 Å². The number of likely N-dealkylation sites (tertiary alicyclic amines) is 1. The lowest BCUT2D eigenvalue weighted by atomic mass is 9.53. The summed E-state index contributed by atoms with van der Waals surface area (Å²) in [6.07, 6.45) is 10.2. The van der Waals surface area contributed by atoms with Gasteiger partial charge in [0.25, 0.3) is 0 Å². The van der Waals surface area contributed by atoms with Crippen molar-refractivity contribution < 1.29 is 4.79 Å². The zero-order valence-electron chi connectivity index (χ0n) is 18.0. The molecule has 5 aliphatic rings. The van der Waals surface area contributed by atoms with Gasteiger partial charge in [-0.25, -0.2) is 4.98 Å². The summed E-state index contributed by atoms with van der Waals surface area (Å²) in [7, 11) is 0. The molecule has 5 fully saturated rings. The number of fused-ring (bicyclic) bond motifs is 1. The van der Waals surface area contributed by atoms with Crippen LogP contribution < -0.4 is 5.32 Å². The minimum absolute atomic E-state index is 0.0191. The highest BCUT2D eigenvalue weighted by Gasteiger charge is 2.51. The summed E-state index contributed by atoms with van der Waals surface area (Å²) >= 11 is 1.85. The molecule has 1 saturated heterocycles. The number of amides is 1. The van der Waals surface area contributed by atoms with Crippen molar-refractivity contribution >= 4 is 27.5 Å². The number of para-hydroxylation sites is 1. The Bertz CT molecular complexity index is 876.